The van der Waals surface area contributed by atoms with Crippen molar-refractivity contribution in [1.29, 1.82) is 0 Å². The molecule has 0 bridgehead atoms. The maximum absolute atomic E-state index is 13.2. The third-order valence-corrected chi connectivity index (χ3v) is 5.46. The lowest BCUT2D eigenvalue weighted by atomic mass is 10.0. The van der Waals surface area contributed by atoms with Gasteiger partial charge in [-0.25, -0.2) is 0 Å². The summed E-state index contributed by atoms with van der Waals surface area (Å²) in [5.74, 6) is -0.260. The van der Waals surface area contributed by atoms with Crippen LogP contribution in [0.1, 0.15) is 31.1 Å². The van der Waals surface area contributed by atoms with E-state index in [1.54, 1.807) is 36.4 Å². The van der Waals surface area contributed by atoms with E-state index >= 15 is 0 Å². The van der Waals surface area contributed by atoms with E-state index in [2.05, 4.69) is 19.2 Å². The molecule has 9 heteroatoms. The van der Waals surface area contributed by atoms with Crippen molar-refractivity contribution in [3.05, 3.63) is 87.7 Å². The molecule has 1 aromatic heterocycles. The molecule has 3 aromatic rings. The molecule has 0 unspecified atom stereocenters. The molecule has 166 valence electrons. The van der Waals surface area contributed by atoms with Crippen molar-refractivity contribution in [2.75, 3.05) is 4.90 Å². The molecule has 4 rings (SSSR count). The number of thiocarbonyl (C=S) groups is 1. The maximum Gasteiger partial charge on any atom is 0.270 e. The molecule has 0 saturated carbocycles. The van der Waals surface area contributed by atoms with Crippen LogP contribution in [0, 0.1) is 10.1 Å². The summed E-state index contributed by atoms with van der Waals surface area (Å²) < 4.78 is 5.73. The minimum Gasteiger partial charge on any atom is -0.457 e. The van der Waals surface area contributed by atoms with Crippen LogP contribution in [0.25, 0.3) is 17.4 Å². The van der Waals surface area contributed by atoms with E-state index in [0.29, 0.717) is 22.9 Å². The van der Waals surface area contributed by atoms with Gasteiger partial charge in [-0.05, 0) is 54.0 Å². The molecular formula is C24H19N3O5S. The van der Waals surface area contributed by atoms with Gasteiger partial charge in [0.15, 0.2) is 5.11 Å². The fraction of sp³-hybridized carbons (Fsp3) is 0.125. The summed E-state index contributed by atoms with van der Waals surface area (Å²) >= 11 is 5.23. The van der Waals surface area contributed by atoms with E-state index < -0.39 is 16.7 Å². The second kappa shape index (κ2) is 8.79. The van der Waals surface area contributed by atoms with Crippen molar-refractivity contribution in [2.24, 2.45) is 0 Å². The van der Waals surface area contributed by atoms with Gasteiger partial charge in [0.05, 0.1) is 10.6 Å². The number of hydrogen-bond acceptors (Lipinski definition) is 6. The van der Waals surface area contributed by atoms with Crippen molar-refractivity contribution in [1.82, 2.24) is 5.32 Å². The largest absolute Gasteiger partial charge is 0.457 e. The number of benzene rings is 2. The monoisotopic (exact) mass is 461 g/mol. The lowest BCUT2D eigenvalue weighted by Crippen LogP contribution is -2.54. The van der Waals surface area contributed by atoms with Gasteiger partial charge in [-0.2, -0.15) is 0 Å². The van der Waals surface area contributed by atoms with Gasteiger partial charge in [0, 0.05) is 17.7 Å². The van der Waals surface area contributed by atoms with Crippen molar-refractivity contribution < 1.29 is 18.9 Å². The molecule has 1 fully saturated rings. The van der Waals surface area contributed by atoms with Crippen LogP contribution in [0.5, 0.6) is 0 Å². The number of amides is 2. The zero-order valence-corrected chi connectivity index (χ0v) is 18.6. The molecule has 2 amide bonds. The van der Waals surface area contributed by atoms with Gasteiger partial charge in [0.1, 0.15) is 17.1 Å². The van der Waals surface area contributed by atoms with E-state index in [0.717, 1.165) is 5.56 Å². The highest BCUT2D eigenvalue weighted by Gasteiger charge is 2.34. The van der Waals surface area contributed by atoms with Crippen LogP contribution in [-0.4, -0.2) is 21.9 Å². The average molecular weight is 461 g/mol. The Morgan fingerprint density at radius 3 is 2.48 bits per heavy atom. The molecule has 0 aliphatic carbocycles. The third kappa shape index (κ3) is 4.44. The minimum atomic E-state index is -0.631. The van der Waals surface area contributed by atoms with Crippen LogP contribution in [0.15, 0.2) is 70.7 Å². The van der Waals surface area contributed by atoms with E-state index in [9.17, 15) is 19.7 Å². The number of non-ortho nitro benzene ring substituents is 1. The summed E-state index contributed by atoms with van der Waals surface area (Å²) in [7, 11) is 0. The number of anilines is 1. The Balaban J connectivity index is 1.64. The zero-order valence-electron chi connectivity index (χ0n) is 17.8. The van der Waals surface area contributed by atoms with Crippen molar-refractivity contribution in [2.45, 2.75) is 19.8 Å². The number of hydrogen-bond donors (Lipinski definition) is 1. The highest BCUT2D eigenvalue weighted by Crippen LogP contribution is 2.28. The first-order valence-corrected chi connectivity index (χ1v) is 10.5. The molecule has 2 aromatic carbocycles. The van der Waals surface area contributed by atoms with Gasteiger partial charge in [-0.3, -0.25) is 29.9 Å². The molecule has 33 heavy (non-hydrogen) atoms. The van der Waals surface area contributed by atoms with Gasteiger partial charge < -0.3 is 4.42 Å². The van der Waals surface area contributed by atoms with Crippen LogP contribution in [0.2, 0.25) is 0 Å². The normalized spacial score (nSPS) is 15.3. The SMILES string of the molecule is CC(C)c1ccc(N2C(=O)/C(=C/c3ccc(-c4cccc([N+](=O)[O-])c4)o3)C(=O)NC2=S)cc1. The minimum absolute atomic E-state index is 0.00354. The lowest BCUT2D eigenvalue weighted by molar-refractivity contribution is -0.384. The van der Waals surface area contributed by atoms with E-state index in [-0.39, 0.29) is 22.1 Å². The van der Waals surface area contributed by atoms with Crippen molar-refractivity contribution >= 4 is 46.6 Å². The Bertz CT molecular complexity index is 1310. The molecule has 0 atom stereocenters. The fourth-order valence-electron chi connectivity index (χ4n) is 3.40. The van der Waals surface area contributed by atoms with Crippen LogP contribution in [0.4, 0.5) is 11.4 Å². The number of furan rings is 1. The van der Waals surface area contributed by atoms with E-state index in [1.165, 1.54) is 23.1 Å². The Labute approximate surface area is 194 Å². The highest BCUT2D eigenvalue weighted by atomic mass is 32.1. The van der Waals surface area contributed by atoms with Crippen LogP contribution in [-0.2, 0) is 9.59 Å². The molecule has 0 spiro atoms. The average Bonchev–Trinajstić information content (AvgIpc) is 3.26. The smallest absolute Gasteiger partial charge is 0.270 e. The van der Waals surface area contributed by atoms with E-state index in [4.69, 9.17) is 16.6 Å². The van der Waals surface area contributed by atoms with E-state index in [1.807, 2.05) is 12.1 Å². The summed E-state index contributed by atoms with van der Waals surface area (Å²) in [5, 5.41) is 13.6. The molecule has 2 heterocycles. The van der Waals surface area contributed by atoms with Crippen LogP contribution < -0.4 is 10.2 Å². The fourth-order valence-corrected chi connectivity index (χ4v) is 3.68. The van der Waals surface area contributed by atoms with Crippen LogP contribution >= 0.6 is 12.2 Å². The predicted octanol–water partition coefficient (Wildman–Crippen LogP) is 4.81. The first kappa shape index (κ1) is 22.1. The number of nitro groups is 1. The third-order valence-electron chi connectivity index (χ3n) is 5.17. The first-order valence-electron chi connectivity index (χ1n) is 10.1. The van der Waals surface area contributed by atoms with Gasteiger partial charge in [-0.15, -0.1) is 0 Å². The summed E-state index contributed by atoms with van der Waals surface area (Å²) in [6.07, 6.45) is 1.33. The van der Waals surface area contributed by atoms with Gasteiger partial charge in [0.2, 0.25) is 0 Å². The van der Waals surface area contributed by atoms with Crippen molar-refractivity contribution in [3.63, 3.8) is 0 Å². The maximum atomic E-state index is 13.2. The number of rotatable bonds is 5. The number of nitrogens with zero attached hydrogens (tertiary/aromatic N) is 2. The molecule has 1 aliphatic heterocycles. The summed E-state index contributed by atoms with van der Waals surface area (Å²) in [5.41, 5.74) is 1.94. The second-order valence-electron chi connectivity index (χ2n) is 7.71. The Morgan fingerprint density at radius 2 is 1.82 bits per heavy atom. The van der Waals surface area contributed by atoms with Crippen LogP contribution in [0.3, 0.4) is 0 Å². The predicted molar refractivity (Wildman–Crippen MR) is 128 cm³/mol. The molecule has 8 nitrogen and oxygen atoms in total. The number of nitro benzene ring substituents is 1. The molecule has 0 radical (unpaired) electrons. The Morgan fingerprint density at radius 1 is 1.09 bits per heavy atom. The van der Waals surface area contributed by atoms with Gasteiger partial charge in [0.25, 0.3) is 17.5 Å². The van der Waals surface area contributed by atoms with Gasteiger partial charge in [-0.1, -0.05) is 38.1 Å². The van der Waals surface area contributed by atoms with Gasteiger partial charge >= 0.3 is 0 Å². The second-order valence-corrected chi connectivity index (χ2v) is 8.10. The summed E-state index contributed by atoms with van der Waals surface area (Å²) in [6, 6.07) is 16.6. The number of carbonyl (C=O) groups is 2. The molecule has 1 saturated heterocycles. The lowest BCUT2D eigenvalue weighted by Gasteiger charge is -2.29. The molecule has 1 N–H and O–H groups in total. The Hall–Kier alpha value is -4.11. The standard InChI is InChI=1S/C24H19N3O5S/c1-14(2)15-6-8-17(9-7-15)26-23(29)20(22(28)25-24(26)33)13-19-10-11-21(32-19)16-4-3-5-18(12-16)27(30)31/h3-14H,1-2H3,(H,25,28,33)/b20-13+. The Kier molecular flexibility index (Phi) is 5.89. The molecular weight excluding hydrogens is 442 g/mol. The zero-order chi connectivity index (χ0) is 23.7. The summed E-state index contributed by atoms with van der Waals surface area (Å²) in [6.45, 7) is 4.13. The summed E-state index contributed by atoms with van der Waals surface area (Å²) in [4.78, 5) is 37.4. The quantitative estimate of drug-likeness (QED) is 0.192. The molecule has 1 aliphatic rings. The number of nitrogens with one attached hydrogen (secondary N) is 1. The number of carbonyl (C=O) groups excluding carboxylic acids is 2. The topological polar surface area (TPSA) is 106 Å². The first-order chi connectivity index (χ1) is 15.7. The highest BCUT2D eigenvalue weighted by molar-refractivity contribution is 7.80. The van der Waals surface area contributed by atoms with Crippen molar-refractivity contribution in [3.8, 4) is 11.3 Å².